The second kappa shape index (κ2) is 4.87. The molecule has 0 heterocycles. The predicted octanol–water partition coefficient (Wildman–Crippen LogP) is 5.25. The highest BCUT2D eigenvalue weighted by atomic mass is 79.9. The average molecular weight is 362 g/mol. The predicted molar refractivity (Wildman–Crippen MR) is 66.5 cm³/mol. The Hall–Kier alpha value is 0.560. The molecule has 1 rings (SSSR count). The van der Waals surface area contributed by atoms with Crippen molar-refractivity contribution in [2.45, 2.75) is 0 Å². The number of halogens is 4. The number of nitrogens with zero attached hydrogens (tertiary/aromatic N) is 1. The molecule has 1 aromatic carbocycles. The van der Waals surface area contributed by atoms with Crippen LogP contribution in [-0.4, -0.2) is 5.16 Å². The third kappa shape index (κ3) is 2.52. The van der Waals surface area contributed by atoms with Gasteiger partial charge in [0.25, 0.3) is 0 Å². The van der Waals surface area contributed by atoms with Crippen molar-refractivity contribution in [3.05, 3.63) is 25.1 Å². The molecule has 0 fully saturated rings. The van der Waals surface area contributed by atoms with Crippen LogP contribution in [0.15, 0.2) is 20.0 Å². The van der Waals surface area contributed by atoms with E-state index in [1.54, 1.807) is 6.07 Å². The van der Waals surface area contributed by atoms with Crippen LogP contribution < -0.4 is 0 Å². The first-order chi connectivity index (χ1) is 6.07. The average Bonchev–Trinajstić information content (AvgIpc) is 2.09. The highest BCUT2D eigenvalue weighted by Crippen LogP contribution is 2.42. The van der Waals surface area contributed by atoms with E-state index in [2.05, 4.69) is 54.2 Å². The Morgan fingerprint density at radius 2 is 2.00 bits per heavy atom. The van der Waals surface area contributed by atoms with Crippen molar-refractivity contribution in [2.75, 3.05) is 0 Å². The Morgan fingerprint density at radius 3 is 2.54 bits per heavy atom. The molecule has 0 atom stereocenters. The zero-order chi connectivity index (χ0) is 10.0. The molecule has 0 radical (unpaired) electrons. The number of aliphatic imine (C=N–C) groups is 1. The minimum Gasteiger partial charge on any atom is -0.192 e. The molecule has 0 aliphatic carbocycles. The molecule has 13 heavy (non-hydrogen) atoms. The normalized spacial score (nSPS) is 9.54. The number of isothiocyanates is 1. The molecule has 0 unspecified atom stereocenters. The van der Waals surface area contributed by atoms with Gasteiger partial charge in [0.2, 0.25) is 0 Å². The van der Waals surface area contributed by atoms with Crippen LogP contribution in [0.2, 0.25) is 10.0 Å². The first-order valence-corrected chi connectivity index (χ1v) is 5.73. The molecule has 0 saturated carbocycles. The lowest BCUT2D eigenvalue weighted by Gasteiger charge is -2.04. The molecular formula is C7HBr2Cl2NS. The molecule has 68 valence electrons. The van der Waals surface area contributed by atoms with Gasteiger partial charge in [-0.05, 0) is 50.1 Å². The van der Waals surface area contributed by atoms with Crippen LogP contribution in [0.5, 0.6) is 0 Å². The first-order valence-electron chi connectivity index (χ1n) is 2.98. The lowest BCUT2D eigenvalue weighted by molar-refractivity contribution is 1.48. The van der Waals surface area contributed by atoms with Gasteiger partial charge in [0.05, 0.1) is 19.7 Å². The van der Waals surface area contributed by atoms with Gasteiger partial charge in [-0.1, -0.05) is 23.2 Å². The fourth-order valence-corrected chi connectivity index (χ4v) is 2.69. The Bertz CT molecular complexity index is 402. The molecule has 0 amide bonds. The highest BCUT2D eigenvalue weighted by molar-refractivity contribution is 9.11. The number of benzene rings is 1. The third-order valence-electron chi connectivity index (χ3n) is 1.25. The van der Waals surface area contributed by atoms with Gasteiger partial charge in [-0.2, -0.15) is 4.99 Å². The maximum atomic E-state index is 5.87. The van der Waals surface area contributed by atoms with Crippen LogP contribution in [0.4, 0.5) is 5.69 Å². The van der Waals surface area contributed by atoms with Crippen molar-refractivity contribution in [1.29, 1.82) is 0 Å². The Labute approximate surface area is 107 Å². The van der Waals surface area contributed by atoms with Crippen LogP contribution in [0.25, 0.3) is 0 Å². The second-order valence-electron chi connectivity index (χ2n) is 2.02. The molecule has 1 aromatic rings. The standard InChI is InChI=1S/C7HBr2Cl2NS/c8-3-1-4(10)6(11)5(9)7(3)12-2-13/h1H. The van der Waals surface area contributed by atoms with Crippen molar-refractivity contribution in [1.82, 2.24) is 0 Å². The second-order valence-corrected chi connectivity index (χ2v) is 4.63. The van der Waals surface area contributed by atoms with Gasteiger partial charge in [-0.3, -0.25) is 0 Å². The summed E-state index contributed by atoms with van der Waals surface area (Å²) in [6.07, 6.45) is 0. The summed E-state index contributed by atoms with van der Waals surface area (Å²) in [5.74, 6) is 0. The minimum absolute atomic E-state index is 0.411. The number of hydrogen-bond donors (Lipinski definition) is 0. The van der Waals surface area contributed by atoms with E-state index >= 15 is 0 Å². The molecule has 1 nitrogen and oxygen atoms in total. The van der Waals surface area contributed by atoms with Crippen molar-refractivity contribution in [3.63, 3.8) is 0 Å². The summed E-state index contributed by atoms with van der Waals surface area (Å²) in [5, 5.41) is 3.12. The SMILES string of the molecule is S=C=Nc1c(Br)cc(Cl)c(Cl)c1Br. The number of rotatable bonds is 1. The Morgan fingerprint density at radius 1 is 1.38 bits per heavy atom. The van der Waals surface area contributed by atoms with Gasteiger partial charge in [0.1, 0.15) is 5.69 Å². The van der Waals surface area contributed by atoms with Gasteiger partial charge in [-0.25, -0.2) is 0 Å². The topological polar surface area (TPSA) is 12.4 Å². The molecule has 0 aliphatic rings. The number of hydrogen-bond acceptors (Lipinski definition) is 2. The number of thiocarbonyl (C=S) groups is 1. The van der Waals surface area contributed by atoms with E-state index in [4.69, 9.17) is 23.2 Å². The van der Waals surface area contributed by atoms with Crippen molar-refractivity contribution < 1.29 is 0 Å². The zero-order valence-electron chi connectivity index (χ0n) is 5.94. The van der Waals surface area contributed by atoms with Gasteiger partial charge in [0.15, 0.2) is 0 Å². The highest BCUT2D eigenvalue weighted by Gasteiger charge is 2.11. The van der Waals surface area contributed by atoms with E-state index in [9.17, 15) is 0 Å². The summed E-state index contributed by atoms with van der Waals surface area (Å²) in [7, 11) is 0. The fraction of sp³-hybridized carbons (Fsp3) is 0. The maximum absolute atomic E-state index is 5.87. The van der Waals surface area contributed by atoms with E-state index in [1.807, 2.05) is 0 Å². The van der Waals surface area contributed by atoms with E-state index < -0.39 is 0 Å². The van der Waals surface area contributed by atoms with Crippen LogP contribution in [0, 0.1) is 0 Å². The van der Waals surface area contributed by atoms with Gasteiger partial charge < -0.3 is 0 Å². The molecule has 0 bridgehead atoms. The van der Waals surface area contributed by atoms with Gasteiger partial charge >= 0.3 is 0 Å². The molecule has 0 spiro atoms. The smallest absolute Gasteiger partial charge is 0.104 e. The summed E-state index contributed by atoms with van der Waals surface area (Å²) in [5.41, 5.74) is 0.587. The first kappa shape index (κ1) is 11.6. The van der Waals surface area contributed by atoms with Crippen LogP contribution in [0.3, 0.4) is 0 Å². The van der Waals surface area contributed by atoms with Crippen molar-refractivity contribution in [2.24, 2.45) is 4.99 Å². The van der Waals surface area contributed by atoms with Crippen LogP contribution in [0.1, 0.15) is 0 Å². The van der Waals surface area contributed by atoms with E-state index in [0.29, 0.717) is 24.7 Å². The monoisotopic (exact) mass is 359 g/mol. The van der Waals surface area contributed by atoms with Gasteiger partial charge in [0, 0.05) is 4.47 Å². The summed E-state index contributed by atoms with van der Waals surface area (Å²) in [6, 6.07) is 1.65. The third-order valence-corrected chi connectivity index (χ3v) is 3.73. The van der Waals surface area contributed by atoms with E-state index in [-0.39, 0.29) is 0 Å². The van der Waals surface area contributed by atoms with Crippen LogP contribution in [-0.2, 0) is 0 Å². The minimum atomic E-state index is 0.411. The Kier molecular flexibility index (Phi) is 4.36. The van der Waals surface area contributed by atoms with Crippen molar-refractivity contribution >= 4 is 78.1 Å². The summed E-state index contributed by atoms with van der Waals surface area (Å²) in [6.45, 7) is 0. The quantitative estimate of drug-likeness (QED) is 0.288. The van der Waals surface area contributed by atoms with Crippen LogP contribution >= 0.6 is 67.3 Å². The van der Waals surface area contributed by atoms with Crippen molar-refractivity contribution in [3.8, 4) is 0 Å². The molecule has 0 saturated heterocycles. The van der Waals surface area contributed by atoms with Gasteiger partial charge in [-0.15, -0.1) is 0 Å². The maximum Gasteiger partial charge on any atom is 0.104 e. The molecule has 0 aliphatic heterocycles. The lowest BCUT2D eigenvalue weighted by atomic mass is 10.3. The molecule has 6 heteroatoms. The summed E-state index contributed by atoms with van der Waals surface area (Å²) < 4.78 is 1.32. The van der Waals surface area contributed by atoms with E-state index in [0.717, 1.165) is 0 Å². The summed E-state index contributed by atoms with van der Waals surface area (Å²) >= 11 is 22.7. The van der Waals surface area contributed by atoms with E-state index in [1.165, 1.54) is 0 Å². The molecule has 0 aromatic heterocycles. The largest absolute Gasteiger partial charge is 0.192 e. The summed E-state index contributed by atoms with van der Waals surface area (Å²) in [4.78, 5) is 3.84. The fourth-order valence-electron chi connectivity index (χ4n) is 0.705. The zero-order valence-corrected chi connectivity index (χ0v) is 11.4. The Balaban J connectivity index is 3.52. The lowest BCUT2D eigenvalue weighted by Crippen LogP contribution is -1.76. The molecular weight excluding hydrogens is 361 g/mol. The molecule has 0 N–H and O–H groups in total.